The number of benzene rings is 2. The maximum Gasteiger partial charge on any atom is 1.00 e. The predicted octanol–water partition coefficient (Wildman–Crippen LogP) is -7.08. The summed E-state index contributed by atoms with van der Waals surface area (Å²) >= 11 is 0. The molecule has 36 heavy (non-hydrogen) atoms. The summed E-state index contributed by atoms with van der Waals surface area (Å²) in [5.41, 5.74) is -10.9. The number of nitro benzene ring substituents is 2. The average Bonchev–Trinajstić information content (AvgIpc) is 2.62. The van der Waals surface area contributed by atoms with Crippen LogP contribution in [0.25, 0.3) is 0 Å². The number of phenolic OH excluding ortho intramolecular Hbond substituents is 4. The van der Waals surface area contributed by atoms with E-state index in [4.69, 9.17) is 0 Å². The van der Waals surface area contributed by atoms with Gasteiger partial charge in [0.2, 0.25) is 23.1 Å². The molecule has 4 N–H and O–H groups in total. The van der Waals surface area contributed by atoms with Gasteiger partial charge in [-0.25, -0.2) is 16.8 Å². The van der Waals surface area contributed by atoms with Gasteiger partial charge in [0.25, 0.3) is 0 Å². The minimum absolute atomic E-state index is 0. The van der Waals surface area contributed by atoms with Crippen LogP contribution in [-0.2, 0) is 20.2 Å². The summed E-state index contributed by atoms with van der Waals surface area (Å²) in [5.74, 6) is -12.6. The molecule has 0 aromatic heterocycles. The zero-order chi connectivity index (χ0) is 26.2. The van der Waals surface area contributed by atoms with Gasteiger partial charge >= 0.3 is 70.5 Å². The molecule has 1 aliphatic rings. The molecule has 18 nitrogen and oxygen atoms in total. The second-order valence-electron chi connectivity index (χ2n) is 6.33. The molecule has 180 valence electrons. The van der Waals surface area contributed by atoms with Crippen molar-refractivity contribution in [2.75, 3.05) is 0 Å². The van der Waals surface area contributed by atoms with Crippen molar-refractivity contribution in [3.63, 3.8) is 0 Å². The average molecular weight is 566 g/mol. The first-order chi connectivity index (χ1) is 15.4. The number of ketones is 2. The molecule has 0 saturated heterocycles. The monoisotopic (exact) mass is 566 g/mol. The van der Waals surface area contributed by atoms with E-state index in [0.717, 1.165) is 0 Å². The van der Waals surface area contributed by atoms with Crippen LogP contribution in [0.2, 0.25) is 0 Å². The number of aromatic hydroxyl groups is 4. The van der Waals surface area contributed by atoms with E-state index >= 15 is 0 Å². The van der Waals surface area contributed by atoms with Crippen LogP contribution in [0.5, 0.6) is 23.0 Å². The van der Waals surface area contributed by atoms with Crippen molar-refractivity contribution in [2.45, 2.75) is 9.79 Å². The quantitative estimate of drug-likeness (QED) is 0.0986. The van der Waals surface area contributed by atoms with E-state index in [1.165, 1.54) is 0 Å². The SMILES string of the molecule is O=C1c2c(O)c(S(=O)(=O)[O-])c(O)c([N+](=O)[O-])c2C(=O)c2c(O)c(S(=O)(=O)[O-])c(O)c([N+](=O)[O-])c21.[Na+].[Na+]. The smallest absolute Gasteiger partial charge is 0.744 e. The van der Waals surface area contributed by atoms with Crippen LogP contribution in [0.4, 0.5) is 11.4 Å². The number of rotatable bonds is 4. The van der Waals surface area contributed by atoms with E-state index in [1.54, 1.807) is 0 Å². The molecule has 22 heteroatoms. The van der Waals surface area contributed by atoms with Crippen LogP contribution in [0, 0.1) is 20.2 Å². The summed E-state index contributed by atoms with van der Waals surface area (Å²) in [6.07, 6.45) is 0. The van der Waals surface area contributed by atoms with Gasteiger partial charge < -0.3 is 29.5 Å². The normalized spacial score (nSPS) is 12.6. The number of carbonyl (C=O) groups excluding carboxylic acids is 2. The van der Waals surface area contributed by atoms with Gasteiger partial charge in [0.05, 0.1) is 21.0 Å². The van der Waals surface area contributed by atoms with E-state index < -0.39 is 108 Å². The molecule has 2 aromatic rings. The van der Waals surface area contributed by atoms with Crippen molar-refractivity contribution in [1.82, 2.24) is 0 Å². The molecule has 0 heterocycles. The zero-order valence-electron chi connectivity index (χ0n) is 17.4. The Bertz CT molecular complexity index is 1510. The number of nitrogens with zero attached hydrogens (tertiary/aromatic N) is 2. The van der Waals surface area contributed by atoms with Crippen LogP contribution < -0.4 is 59.1 Å². The molecule has 0 amide bonds. The van der Waals surface area contributed by atoms with Crippen molar-refractivity contribution >= 4 is 43.2 Å². The summed E-state index contributed by atoms with van der Waals surface area (Å²) in [7, 11) is -12.0. The summed E-state index contributed by atoms with van der Waals surface area (Å²) in [6.45, 7) is 0. The van der Waals surface area contributed by atoms with Gasteiger partial charge in [0.1, 0.15) is 52.7 Å². The Balaban J connectivity index is 0.00000324. The second-order valence-corrected chi connectivity index (χ2v) is 8.96. The van der Waals surface area contributed by atoms with Crippen molar-refractivity contribution in [2.24, 2.45) is 0 Å². The Labute approximate surface area is 241 Å². The molecule has 1 aliphatic carbocycles. The van der Waals surface area contributed by atoms with Gasteiger partial charge in [-0.15, -0.1) is 0 Å². The van der Waals surface area contributed by atoms with Gasteiger partial charge in [0.15, 0.2) is 0 Å². The topological polar surface area (TPSA) is 316 Å². The summed E-state index contributed by atoms with van der Waals surface area (Å²) in [4.78, 5) is 41.1. The fourth-order valence-corrected chi connectivity index (χ4v) is 4.68. The summed E-state index contributed by atoms with van der Waals surface area (Å²) in [5, 5.41) is 63.0. The van der Waals surface area contributed by atoms with Crippen molar-refractivity contribution in [3.05, 3.63) is 42.5 Å². The van der Waals surface area contributed by atoms with Crippen LogP contribution in [0.15, 0.2) is 9.79 Å². The number of hydrogen-bond donors (Lipinski definition) is 4. The molecular weight excluding hydrogens is 562 g/mol. The Morgan fingerprint density at radius 3 is 1.00 bits per heavy atom. The molecule has 0 spiro atoms. The molecule has 0 atom stereocenters. The Kier molecular flexibility index (Phi) is 8.62. The third-order valence-corrected chi connectivity index (χ3v) is 6.30. The van der Waals surface area contributed by atoms with Gasteiger partial charge in [0, 0.05) is 0 Å². The molecular formula is C14H4N2Na2O16S2. The van der Waals surface area contributed by atoms with E-state index in [9.17, 15) is 76.2 Å². The number of nitro groups is 2. The minimum Gasteiger partial charge on any atom is -0.744 e. The maximum absolute atomic E-state index is 13.0. The predicted molar refractivity (Wildman–Crippen MR) is 95.6 cm³/mol. The van der Waals surface area contributed by atoms with Crippen LogP contribution in [0.3, 0.4) is 0 Å². The maximum atomic E-state index is 13.0. The first kappa shape index (κ1) is 31.6. The summed E-state index contributed by atoms with van der Waals surface area (Å²) in [6, 6.07) is 0. The second kappa shape index (κ2) is 9.81. The number of phenols is 4. The first-order valence-electron chi connectivity index (χ1n) is 7.89. The van der Waals surface area contributed by atoms with Gasteiger partial charge in [-0.3, -0.25) is 29.8 Å². The van der Waals surface area contributed by atoms with Crippen molar-refractivity contribution in [1.29, 1.82) is 0 Å². The zero-order valence-corrected chi connectivity index (χ0v) is 23.0. The molecule has 0 fully saturated rings. The first-order valence-corrected chi connectivity index (χ1v) is 10.7. The van der Waals surface area contributed by atoms with Crippen LogP contribution >= 0.6 is 0 Å². The van der Waals surface area contributed by atoms with Crippen molar-refractivity contribution in [3.8, 4) is 23.0 Å². The molecule has 2 aromatic carbocycles. The van der Waals surface area contributed by atoms with E-state index in [-0.39, 0.29) is 59.1 Å². The van der Waals surface area contributed by atoms with Crippen LogP contribution in [-0.4, -0.2) is 67.8 Å². The van der Waals surface area contributed by atoms with E-state index in [1.807, 2.05) is 0 Å². The summed E-state index contributed by atoms with van der Waals surface area (Å²) < 4.78 is 68.5. The Morgan fingerprint density at radius 2 is 0.806 bits per heavy atom. The van der Waals surface area contributed by atoms with Crippen LogP contribution in [0.1, 0.15) is 31.8 Å². The molecule has 0 aliphatic heterocycles. The molecule has 0 unspecified atom stereocenters. The molecule has 0 radical (unpaired) electrons. The Hall–Kier alpha value is -2.40. The standard InChI is InChI=1S/C14H6N2O16S2.2Na/c17-7-1-3(9(19)13(33(27,28)29)11(21)5(1)15(23)24)8(18)2-4(7)10(20)14(34(30,31)32)12(22)6(2)16(25)26;;/h19-22H,(H,27,28,29)(H,30,31,32);;/q;2*+1/p-2. The molecule has 0 saturated carbocycles. The fourth-order valence-electron chi connectivity index (χ4n) is 3.34. The van der Waals surface area contributed by atoms with Gasteiger partial charge in [-0.05, 0) is 0 Å². The number of hydrogen-bond acceptors (Lipinski definition) is 16. The fraction of sp³-hybridized carbons (Fsp3) is 0. The largest absolute Gasteiger partial charge is 1.00 e. The van der Waals surface area contributed by atoms with E-state index in [2.05, 4.69) is 0 Å². The molecule has 3 rings (SSSR count). The van der Waals surface area contributed by atoms with Crippen molar-refractivity contribution < 1.29 is 125 Å². The van der Waals surface area contributed by atoms with Gasteiger partial charge in [-0.1, -0.05) is 0 Å². The third-order valence-electron chi connectivity index (χ3n) is 4.53. The number of carbonyl (C=O) groups is 2. The Morgan fingerprint density at radius 1 is 0.556 bits per heavy atom. The minimum atomic E-state index is -6.01. The molecule has 0 bridgehead atoms. The number of fused-ring (bicyclic) bond motifs is 2. The van der Waals surface area contributed by atoms with E-state index in [0.29, 0.717) is 0 Å². The third kappa shape index (κ3) is 4.44. The van der Waals surface area contributed by atoms with Gasteiger partial charge in [-0.2, -0.15) is 0 Å².